The normalized spacial score (nSPS) is 16.9. The maximum Gasteiger partial charge on any atom is 0.307 e. The van der Waals surface area contributed by atoms with E-state index in [9.17, 15) is 9.59 Å². The second-order valence-corrected chi connectivity index (χ2v) is 10.1. The van der Waals surface area contributed by atoms with Gasteiger partial charge in [-0.25, -0.2) is 4.39 Å². The summed E-state index contributed by atoms with van der Waals surface area (Å²) in [4.78, 5) is 29.3. The summed E-state index contributed by atoms with van der Waals surface area (Å²) in [5, 5.41) is 8.61. The van der Waals surface area contributed by atoms with E-state index in [0.29, 0.717) is 30.1 Å². The fraction of sp³-hybridized carbons (Fsp3) is 0.483. The molecule has 0 radical (unpaired) electrons. The second-order valence-electron chi connectivity index (χ2n) is 10.1. The molecule has 0 amide bonds. The number of hydrogen-bond donors (Lipinski definition) is 1. The van der Waals surface area contributed by atoms with Gasteiger partial charge in [0.25, 0.3) is 0 Å². The maximum atomic E-state index is 15.4. The first-order chi connectivity index (χ1) is 18.0. The van der Waals surface area contributed by atoms with Crippen LogP contribution in [0.2, 0.25) is 0 Å². The molecule has 2 aliphatic heterocycles. The molecule has 0 aromatic heterocycles. The van der Waals surface area contributed by atoms with Gasteiger partial charge in [-0.05, 0) is 56.2 Å². The molecule has 0 bridgehead atoms. The minimum atomic E-state index is -0.636. The largest absolute Gasteiger partial charge is 0.490 e. The minimum Gasteiger partial charge on any atom is -0.490 e. The lowest BCUT2D eigenvalue weighted by Crippen LogP contribution is -2.41. The standard InChI is InChI=1S/C29H36FN3O5.BrH/c1-7-36-22-13-18-15-33(28(31)25(18)26(30)27(22)38-9-3)16-21(34)17-10-11-20-19(12-17)29(4,5)23(32(20)6)14-24(35)37-8-2;/h10-13,23,31H,7-9,14-16H2,1-6H3;1H. The predicted molar refractivity (Wildman–Crippen MR) is 154 cm³/mol. The van der Waals surface area contributed by atoms with Crippen molar-refractivity contribution in [3.63, 3.8) is 0 Å². The molecule has 8 nitrogen and oxygen atoms in total. The van der Waals surface area contributed by atoms with E-state index in [1.165, 1.54) is 0 Å². The summed E-state index contributed by atoms with van der Waals surface area (Å²) in [6.45, 7) is 10.6. The molecule has 1 atom stereocenters. The zero-order valence-corrected chi connectivity index (χ0v) is 25.1. The molecule has 2 aliphatic rings. The molecular weight excluding hydrogens is 569 g/mol. The van der Waals surface area contributed by atoms with Gasteiger partial charge in [-0.15, -0.1) is 17.0 Å². The highest BCUT2D eigenvalue weighted by Crippen LogP contribution is 2.46. The van der Waals surface area contributed by atoms with Gasteiger partial charge in [0.05, 0.1) is 38.3 Å². The average Bonchev–Trinajstić information content (AvgIpc) is 3.27. The monoisotopic (exact) mass is 605 g/mol. The summed E-state index contributed by atoms with van der Waals surface area (Å²) in [6, 6.07) is 7.15. The number of halogens is 2. The number of nitrogens with zero attached hydrogens (tertiary/aromatic N) is 2. The molecule has 4 rings (SSSR count). The molecule has 2 aromatic rings. The number of ether oxygens (including phenoxy) is 3. The van der Waals surface area contributed by atoms with Crippen molar-refractivity contribution >= 4 is 40.3 Å². The van der Waals surface area contributed by atoms with Crippen LogP contribution in [0.15, 0.2) is 24.3 Å². The quantitative estimate of drug-likeness (QED) is 0.291. The molecule has 0 aliphatic carbocycles. The number of fused-ring (bicyclic) bond motifs is 2. The molecule has 1 unspecified atom stereocenters. The number of ketones is 1. The van der Waals surface area contributed by atoms with Gasteiger partial charge in [0.15, 0.2) is 23.1 Å². The smallest absolute Gasteiger partial charge is 0.307 e. The van der Waals surface area contributed by atoms with Crippen LogP contribution in [0.3, 0.4) is 0 Å². The van der Waals surface area contributed by atoms with Crippen LogP contribution in [0.5, 0.6) is 11.5 Å². The molecular formula is C29H37BrFN3O5. The third kappa shape index (κ3) is 5.48. The second kappa shape index (κ2) is 11.9. The number of hydrogen-bond acceptors (Lipinski definition) is 7. The van der Waals surface area contributed by atoms with Crippen molar-refractivity contribution in [3.05, 3.63) is 52.3 Å². The summed E-state index contributed by atoms with van der Waals surface area (Å²) >= 11 is 0. The number of nitrogens with one attached hydrogen (secondary N) is 1. The van der Waals surface area contributed by atoms with Crippen molar-refractivity contribution in [3.8, 4) is 11.5 Å². The van der Waals surface area contributed by atoms with E-state index in [1.54, 1.807) is 30.9 Å². The average molecular weight is 607 g/mol. The Bertz CT molecular complexity index is 1280. The highest BCUT2D eigenvalue weighted by atomic mass is 79.9. The number of likely N-dealkylation sites (N-methyl/N-ethyl adjacent to an activating group) is 1. The third-order valence-corrected chi connectivity index (χ3v) is 7.46. The van der Waals surface area contributed by atoms with E-state index in [-0.39, 0.29) is 78.0 Å². The van der Waals surface area contributed by atoms with Gasteiger partial charge in [0.1, 0.15) is 5.84 Å². The number of Topliss-reactive ketones (excluding diaryl/α,β-unsaturated/α-hetero) is 1. The van der Waals surface area contributed by atoms with Gasteiger partial charge in [-0.3, -0.25) is 15.0 Å². The number of carbonyl (C=O) groups is 2. The number of carbonyl (C=O) groups excluding carboxylic acids is 2. The Morgan fingerprint density at radius 3 is 2.44 bits per heavy atom. The fourth-order valence-electron chi connectivity index (χ4n) is 5.56. The van der Waals surface area contributed by atoms with E-state index in [2.05, 4.69) is 18.7 Å². The van der Waals surface area contributed by atoms with Crippen molar-refractivity contribution in [2.75, 3.05) is 38.3 Å². The van der Waals surface area contributed by atoms with E-state index in [0.717, 1.165) is 11.3 Å². The lowest BCUT2D eigenvalue weighted by atomic mass is 9.78. The summed E-state index contributed by atoms with van der Waals surface area (Å²) in [5.74, 6) is -0.815. The first-order valence-corrected chi connectivity index (χ1v) is 13.1. The Morgan fingerprint density at radius 1 is 1.10 bits per heavy atom. The highest BCUT2D eigenvalue weighted by molar-refractivity contribution is 8.93. The SMILES string of the molecule is Br.CCOC(=O)CC1N(C)c2ccc(C(=O)CN3Cc4cc(OCC)c(OCC)c(F)c4C3=N)cc2C1(C)C. The van der Waals surface area contributed by atoms with Crippen LogP contribution in [0.1, 0.15) is 68.1 Å². The third-order valence-electron chi connectivity index (χ3n) is 7.46. The predicted octanol–water partition coefficient (Wildman–Crippen LogP) is 5.27. The van der Waals surface area contributed by atoms with Gasteiger partial charge in [-0.1, -0.05) is 13.8 Å². The van der Waals surface area contributed by atoms with Crippen LogP contribution in [0, 0.1) is 11.2 Å². The van der Waals surface area contributed by atoms with Gasteiger partial charge in [0, 0.05) is 36.3 Å². The van der Waals surface area contributed by atoms with Crippen molar-refractivity contribution < 1.29 is 28.2 Å². The highest BCUT2D eigenvalue weighted by Gasteiger charge is 2.44. The Hall–Kier alpha value is -3.14. The Labute approximate surface area is 239 Å². The molecule has 0 spiro atoms. The van der Waals surface area contributed by atoms with E-state index < -0.39 is 11.2 Å². The number of amidine groups is 1. The number of rotatable bonds is 10. The van der Waals surface area contributed by atoms with Gasteiger partial charge >= 0.3 is 5.97 Å². The lowest BCUT2D eigenvalue weighted by molar-refractivity contribution is -0.143. The summed E-state index contributed by atoms with van der Waals surface area (Å²) < 4.78 is 31.6. The molecule has 39 heavy (non-hydrogen) atoms. The molecule has 10 heteroatoms. The summed E-state index contributed by atoms with van der Waals surface area (Å²) in [6.07, 6.45) is 0.248. The number of anilines is 1. The summed E-state index contributed by atoms with van der Waals surface area (Å²) in [7, 11) is 1.95. The zero-order valence-electron chi connectivity index (χ0n) is 23.4. The van der Waals surface area contributed by atoms with E-state index >= 15 is 4.39 Å². The van der Waals surface area contributed by atoms with Crippen molar-refractivity contribution in [2.24, 2.45) is 0 Å². The molecule has 2 aromatic carbocycles. The van der Waals surface area contributed by atoms with Gasteiger partial charge in [0.2, 0.25) is 0 Å². The lowest BCUT2D eigenvalue weighted by Gasteiger charge is -2.31. The van der Waals surface area contributed by atoms with Crippen LogP contribution in [-0.4, -0.2) is 61.9 Å². The van der Waals surface area contributed by atoms with Crippen LogP contribution in [0.4, 0.5) is 10.1 Å². The van der Waals surface area contributed by atoms with Crippen molar-refractivity contribution in [1.29, 1.82) is 5.41 Å². The Kier molecular flexibility index (Phi) is 9.31. The zero-order chi connectivity index (χ0) is 27.8. The van der Waals surface area contributed by atoms with E-state index in [1.807, 2.05) is 26.1 Å². The number of benzene rings is 2. The number of esters is 1. The molecule has 0 saturated heterocycles. The van der Waals surface area contributed by atoms with Crippen LogP contribution in [-0.2, 0) is 21.5 Å². The Balaban J connectivity index is 0.00000420. The molecule has 2 heterocycles. The van der Waals surface area contributed by atoms with Crippen molar-refractivity contribution in [2.45, 2.75) is 59.0 Å². The van der Waals surface area contributed by atoms with Crippen LogP contribution >= 0.6 is 17.0 Å². The molecule has 1 N–H and O–H groups in total. The van der Waals surface area contributed by atoms with Crippen LogP contribution < -0.4 is 14.4 Å². The topological polar surface area (TPSA) is 92.2 Å². The van der Waals surface area contributed by atoms with Gasteiger partial charge < -0.3 is 24.0 Å². The first-order valence-electron chi connectivity index (χ1n) is 13.1. The van der Waals surface area contributed by atoms with Gasteiger partial charge in [-0.2, -0.15) is 0 Å². The summed E-state index contributed by atoms with van der Waals surface area (Å²) in [5.41, 5.74) is 2.80. The fourth-order valence-corrected chi connectivity index (χ4v) is 5.56. The van der Waals surface area contributed by atoms with Crippen LogP contribution in [0.25, 0.3) is 0 Å². The minimum absolute atomic E-state index is 0. The van der Waals surface area contributed by atoms with Crippen molar-refractivity contribution in [1.82, 2.24) is 4.90 Å². The Morgan fingerprint density at radius 2 is 1.79 bits per heavy atom. The molecule has 0 saturated carbocycles. The maximum absolute atomic E-state index is 15.4. The molecule has 212 valence electrons. The first kappa shape index (κ1) is 30.4. The molecule has 0 fully saturated rings. The van der Waals surface area contributed by atoms with E-state index in [4.69, 9.17) is 19.6 Å².